The van der Waals surface area contributed by atoms with E-state index in [1.165, 1.54) is 11.1 Å². The Balaban J connectivity index is 2.18. The molecule has 0 saturated carbocycles. The third-order valence-corrected chi connectivity index (χ3v) is 3.51. The Kier molecular flexibility index (Phi) is 4.56. The van der Waals surface area contributed by atoms with Gasteiger partial charge in [0.05, 0.1) is 6.61 Å². The van der Waals surface area contributed by atoms with Crippen LogP contribution >= 0.6 is 0 Å². The molecule has 1 N–H and O–H groups in total. The van der Waals surface area contributed by atoms with Gasteiger partial charge < -0.3 is 10.1 Å². The van der Waals surface area contributed by atoms with Gasteiger partial charge in [0.1, 0.15) is 0 Å². The van der Waals surface area contributed by atoms with Gasteiger partial charge in [-0.2, -0.15) is 0 Å². The number of hydrogen-bond donors (Lipinski definition) is 1. The molecule has 2 heteroatoms. The fourth-order valence-corrected chi connectivity index (χ4v) is 2.54. The Morgan fingerprint density at radius 3 is 2.83 bits per heavy atom. The van der Waals surface area contributed by atoms with E-state index < -0.39 is 0 Å². The van der Waals surface area contributed by atoms with Crippen LogP contribution in [0, 0.1) is 0 Å². The van der Waals surface area contributed by atoms with E-state index in [1.807, 2.05) is 0 Å². The number of nitrogens with one attached hydrogen (secondary N) is 1. The van der Waals surface area contributed by atoms with E-state index in [1.54, 1.807) is 0 Å². The summed E-state index contributed by atoms with van der Waals surface area (Å²) in [5, 5.41) is 3.54. The summed E-state index contributed by atoms with van der Waals surface area (Å²) >= 11 is 0. The highest BCUT2D eigenvalue weighted by molar-refractivity contribution is 5.65. The number of rotatable bonds is 7. The lowest BCUT2D eigenvalue weighted by Gasteiger charge is -2.29. The lowest BCUT2D eigenvalue weighted by molar-refractivity contribution is 0.109. The van der Waals surface area contributed by atoms with Crippen molar-refractivity contribution in [1.82, 2.24) is 5.32 Å². The predicted molar refractivity (Wildman–Crippen MR) is 76.8 cm³/mol. The Labute approximate surface area is 110 Å². The van der Waals surface area contributed by atoms with Crippen molar-refractivity contribution >= 4 is 6.08 Å². The summed E-state index contributed by atoms with van der Waals surface area (Å²) in [5.74, 6) is 0. The van der Waals surface area contributed by atoms with E-state index in [9.17, 15) is 0 Å². The van der Waals surface area contributed by atoms with Crippen molar-refractivity contribution < 1.29 is 4.74 Å². The molecule has 0 bridgehead atoms. The maximum atomic E-state index is 5.72. The smallest absolute Gasteiger partial charge is 0.0610 e. The predicted octanol–water partition coefficient (Wildman–Crippen LogP) is 2.99. The van der Waals surface area contributed by atoms with Crippen LogP contribution in [-0.2, 0) is 10.2 Å². The molecule has 2 rings (SSSR count). The SMILES string of the molecule is CCCNCC1(COCC)C=Cc2ccccc21. The van der Waals surface area contributed by atoms with Gasteiger partial charge in [0.15, 0.2) is 0 Å². The average Bonchev–Trinajstić information content (AvgIpc) is 2.77. The number of hydrogen-bond acceptors (Lipinski definition) is 2. The fraction of sp³-hybridized carbons (Fsp3) is 0.500. The standard InChI is InChI=1S/C16H23NO/c1-3-11-17-12-16(13-18-4-2)10-9-14-7-5-6-8-15(14)16/h5-10,17H,3-4,11-13H2,1-2H3. The zero-order valence-corrected chi connectivity index (χ0v) is 11.4. The molecule has 1 aliphatic rings. The lowest BCUT2D eigenvalue weighted by atomic mass is 9.83. The summed E-state index contributed by atoms with van der Waals surface area (Å²) < 4.78 is 5.72. The number of fused-ring (bicyclic) bond motifs is 1. The summed E-state index contributed by atoms with van der Waals surface area (Å²) in [4.78, 5) is 0. The quantitative estimate of drug-likeness (QED) is 0.746. The van der Waals surface area contributed by atoms with Crippen molar-refractivity contribution in [3.63, 3.8) is 0 Å². The van der Waals surface area contributed by atoms with Crippen LogP contribution in [0.3, 0.4) is 0 Å². The number of ether oxygens (including phenoxy) is 1. The molecule has 1 aliphatic carbocycles. The van der Waals surface area contributed by atoms with Crippen LogP contribution in [0.5, 0.6) is 0 Å². The van der Waals surface area contributed by atoms with Crippen molar-refractivity contribution in [3.8, 4) is 0 Å². The van der Waals surface area contributed by atoms with Crippen molar-refractivity contribution in [2.45, 2.75) is 25.7 Å². The molecule has 1 aromatic carbocycles. The molecule has 2 nitrogen and oxygen atoms in total. The van der Waals surface area contributed by atoms with Crippen LogP contribution in [0.1, 0.15) is 31.4 Å². The van der Waals surface area contributed by atoms with Crippen LogP contribution in [0.4, 0.5) is 0 Å². The summed E-state index contributed by atoms with van der Waals surface area (Å²) in [6, 6.07) is 8.62. The average molecular weight is 245 g/mol. The molecule has 0 aliphatic heterocycles. The molecule has 0 spiro atoms. The molecule has 1 aromatic rings. The summed E-state index contributed by atoms with van der Waals surface area (Å²) in [6.07, 6.45) is 5.69. The second kappa shape index (κ2) is 6.17. The minimum Gasteiger partial charge on any atom is -0.380 e. The maximum Gasteiger partial charge on any atom is 0.0610 e. The van der Waals surface area contributed by atoms with Gasteiger partial charge in [-0.25, -0.2) is 0 Å². The highest BCUT2D eigenvalue weighted by Crippen LogP contribution is 2.35. The Hall–Kier alpha value is -1.12. The van der Waals surface area contributed by atoms with Crippen LogP contribution in [0.25, 0.3) is 6.08 Å². The maximum absolute atomic E-state index is 5.72. The summed E-state index contributed by atoms with van der Waals surface area (Å²) in [5.41, 5.74) is 2.74. The van der Waals surface area contributed by atoms with Crippen molar-refractivity contribution in [2.75, 3.05) is 26.3 Å². The second-order valence-electron chi connectivity index (χ2n) is 4.89. The molecular weight excluding hydrogens is 222 g/mol. The topological polar surface area (TPSA) is 21.3 Å². The van der Waals surface area contributed by atoms with E-state index in [2.05, 4.69) is 55.6 Å². The van der Waals surface area contributed by atoms with Gasteiger partial charge in [0.25, 0.3) is 0 Å². The third kappa shape index (κ3) is 2.65. The molecule has 0 amide bonds. The summed E-state index contributed by atoms with van der Waals surface area (Å²) in [7, 11) is 0. The highest BCUT2D eigenvalue weighted by atomic mass is 16.5. The van der Waals surface area contributed by atoms with E-state index in [0.29, 0.717) is 0 Å². The lowest BCUT2D eigenvalue weighted by Crippen LogP contribution is -2.40. The van der Waals surface area contributed by atoms with Crippen LogP contribution in [0.2, 0.25) is 0 Å². The molecule has 18 heavy (non-hydrogen) atoms. The van der Waals surface area contributed by atoms with Crippen LogP contribution in [-0.4, -0.2) is 26.3 Å². The molecule has 0 saturated heterocycles. The Morgan fingerprint density at radius 2 is 2.06 bits per heavy atom. The molecule has 1 atom stereocenters. The molecular formula is C16H23NO. The van der Waals surface area contributed by atoms with E-state index in [-0.39, 0.29) is 5.41 Å². The van der Waals surface area contributed by atoms with Crippen LogP contribution in [0.15, 0.2) is 30.3 Å². The first-order valence-corrected chi connectivity index (χ1v) is 6.89. The van der Waals surface area contributed by atoms with Gasteiger partial charge in [-0.15, -0.1) is 0 Å². The Bertz CT molecular complexity index is 413. The van der Waals surface area contributed by atoms with Gasteiger partial charge in [-0.1, -0.05) is 43.3 Å². The van der Waals surface area contributed by atoms with E-state index in [4.69, 9.17) is 4.74 Å². The van der Waals surface area contributed by atoms with Crippen molar-refractivity contribution in [3.05, 3.63) is 41.5 Å². The largest absolute Gasteiger partial charge is 0.380 e. The zero-order valence-electron chi connectivity index (χ0n) is 11.4. The second-order valence-corrected chi connectivity index (χ2v) is 4.89. The van der Waals surface area contributed by atoms with E-state index >= 15 is 0 Å². The van der Waals surface area contributed by atoms with Gasteiger partial charge in [0, 0.05) is 18.6 Å². The molecule has 0 aromatic heterocycles. The van der Waals surface area contributed by atoms with Crippen molar-refractivity contribution in [2.24, 2.45) is 0 Å². The first kappa shape index (κ1) is 13.3. The zero-order chi connectivity index (χ0) is 12.8. The number of benzene rings is 1. The minimum atomic E-state index is 0.0156. The highest BCUT2D eigenvalue weighted by Gasteiger charge is 2.34. The van der Waals surface area contributed by atoms with Gasteiger partial charge in [-0.3, -0.25) is 0 Å². The minimum absolute atomic E-state index is 0.0156. The first-order chi connectivity index (χ1) is 8.82. The molecule has 0 radical (unpaired) electrons. The first-order valence-electron chi connectivity index (χ1n) is 6.89. The molecule has 1 unspecified atom stereocenters. The van der Waals surface area contributed by atoms with Crippen LogP contribution < -0.4 is 5.32 Å². The third-order valence-electron chi connectivity index (χ3n) is 3.51. The van der Waals surface area contributed by atoms with Crippen molar-refractivity contribution in [1.29, 1.82) is 0 Å². The molecule has 0 fully saturated rings. The van der Waals surface area contributed by atoms with Gasteiger partial charge in [-0.05, 0) is 31.0 Å². The molecule has 98 valence electrons. The van der Waals surface area contributed by atoms with Gasteiger partial charge in [0.2, 0.25) is 0 Å². The fourth-order valence-electron chi connectivity index (χ4n) is 2.54. The normalized spacial score (nSPS) is 21.2. The molecule has 0 heterocycles. The monoisotopic (exact) mass is 245 g/mol. The van der Waals surface area contributed by atoms with Gasteiger partial charge >= 0.3 is 0 Å². The Morgan fingerprint density at radius 1 is 1.22 bits per heavy atom. The van der Waals surface area contributed by atoms with E-state index in [0.717, 1.165) is 32.7 Å². The summed E-state index contributed by atoms with van der Waals surface area (Å²) in [6.45, 7) is 7.79.